The van der Waals surface area contributed by atoms with Crippen LogP contribution in [0.15, 0.2) is 47.6 Å². The Morgan fingerprint density at radius 1 is 1.19 bits per heavy atom. The maximum Gasteiger partial charge on any atom is 0.234 e. The van der Waals surface area contributed by atoms with Crippen molar-refractivity contribution in [2.45, 2.75) is 19.0 Å². The summed E-state index contributed by atoms with van der Waals surface area (Å²) >= 11 is 7.39. The van der Waals surface area contributed by atoms with Gasteiger partial charge in [-0.1, -0.05) is 47.6 Å². The molecule has 0 bridgehead atoms. The van der Waals surface area contributed by atoms with E-state index in [9.17, 15) is 4.79 Å². The molecular formula is C19H19ClN4OS. The normalized spacial score (nSPS) is 10.8. The first-order valence-corrected chi connectivity index (χ1v) is 9.46. The van der Waals surface area contributed by atoms with Crippen LogP contribution < -0.4 is 5.32 Å². The van der Waals surface area contributed by atoms with Crippen molar-refractivity contribution in [1.82, 2.24) is 14.8 Å². The SMILES string of the molecule is Cc1cccc(NC(=O)CSc2nnc(-c3cccc(Cl)c3)n2C)c1C. The molecule has 1 N–H and O–H groups in total. The molecule has 0 radical (unpaired) electrons. The monoisotopic (exact) mass is 386 g/mol. The van der Waals surface area contributed by atoms with Gasteiger partial charge in [-0.3, -0.25) is 4.79 Å². The molecule has 0 aliphatic heterocycles. The fraction of sp³-hybridized carbons (Fsp3) is 0.211. The fourth-order valence-electron chi connectivity index (χ4n) is 2.52. The number of thioether (sulfide) groups is 1. The molecule has 0 fully saturated rings. The topological polar surface area (TPSA) is 59.8 Å². The highest BCUT2D eigenvalue weighted by Crippen LogP contribution is 2.25. The van der Waals surface area contributed by atoms with Gasteiger partial charge in [0.15, 0.2) is 11.0 Å². The van der Waals surface area contributed by atoms with Gasteiger partial charge in [-0.05, 0) is 43.2 Å². The maximum atomic E-state index is 12.3. The molecule has 0 saturated heterocycles. The Labute approximate surface area is 161 Å². The molecule has 1 aromatic heterocycles. The molecule has 26 heavy (non-hydrogen) atoms. The van der Waals surface area contributed by atoms with E-state index in [2.05, 4.69) is 15.5 Å². The summed E-state index contributed by atoms with van der Waals surface area (Å²) < 4.78 is 1.86. The highest BCUT2D eigenvalue weighted by atomic mass is 35.5. The highest BCUT2D eigenvalue weighted by Gasteiger charge is 2.14. The average molecular weight is 387 g/mol. The molecule has 0 saturated carbocycles. The van der Waals surface area contributed by atoms with Crippen molar-refractivity contribution in [3.8, 4) is 11.4 Å². The van der Waals surface area contributed by atoms with Crippen LogP contribution in [0.1, 0.15) is 11.1 Å². The third kappa shape index (κ3) is 4.08. The van der Waals surface area contributed by atoms with Gasteiger partial charge in [0.1, 0.15) is 0 Å². The molecule has 7 heteroatoms. The van der Waals surface area contributed by atoms with E-state index in [1.165, 1.54) is 11.8 Å². The minimum absolute atomic E-state index is 0.0731. The zero-order valence-corrected chi connectivity index (χ0v) is 16.4. The van der Waals surface area contributed by atoms with Gasteiger partial charge in [-0.15, -0.1) is 10.2 Å². The molecule has 1 heterocycles. The van der Waals surface area contributed by atoms with E-state index in [-0.39, 0.29) is 11.7 Å². The number of aromatic nitrogens is 3. The Morgan fingerprint density at radius 3 is 2.73 bits per heavy atom. The van der Waals surface area contributed by atoms with Gasteiger partial charge in [0.05, 0.1) is 5.75 Å². The number of hydrogen-bond acceptors (Lipinski definition) is 4. The number of aryl methyl sites for hydroxylation is 1. The summed E-state index contributed by atoms with van der Waals surface area (Å²) in [6, 6.07) is 13.3. The summed E-state index contributed by atoms with van der Waals surface area (Å²) in [4.78, 5) is 12.3. The molecule has 1 amide bonds. The largest absolute Gasteiger partial charge is 0.325 e. The average Bonchev–Trinajstić information content (AvgIpc) is 2.98. The Morgan fingerprint density at radius 2 is 1.96 bits per heavy atom. The van der Waals surface area contributed by atoms with Crippen molar-refractivity contribution in [2.75, 3.05) is 11.1 Å². The van der Waals surface area contributed by atoms with Gasteiger partial charge < -0.3 is 9.88 Å². The Kier molecular flexibility index (Phi) is 5.64. The van der Waals surface area contributed by atoms with Crippen LogP contribution in [-0.4, -0.2) is 26.4 Å². The smallest absolute Gasteiger partial charge is 0.234 e. The first-order valence-electron chi connectivity index (χ1n) is 8.10. The zero-order valence-electron chi connectivity index (χ0n) is 14.8. The number of anilines is 1. The lowest BCUT2D eigenvalue weighted by Gasteiger charge is -2.10. The minimum Gasteiger partial charge on any atom is -0.325 e. The van der Waals surface area contributed by atoms with Gasteiger partial charge in [0, 0.05) is 23.3 Å². The summed E-state index contributed by atoms with van der Waals surface area (Å²) in [6.45, 7) is 4.02. The maximum absolute atomic E-state index is 12.3. The number of rotatable bonds is 5. The van der Waals surface area contributed by atoms with Crippen LogP contribution in [0.5, 0.6) is 0 Å². The second-order valence-corrected chi connectivity index (χ2v) is 7.34. The van der Waals surface area contributed by atoms with E-state index >= 15 is 0 Å². The molecule has 0 aliphatic rings. The third-order valence-corrected chi connectivity index (χ3v) is 5.38. The van der Waals surface area contributed by atoms with Crippen molar-refractivity contribution in [2.24, 2.45) is 7.05 Å². The van der Waals surface area contributed by atoms with E-state index in [1.54, 1.807) is 0 Å². The van der Waals surface area contributed by atoms with Crippen LogP contribution in [0, 0.1) is 13.8 Å². The molecule has 2 aromatic carbocycles. The molecule has 0 aliphatic carbocycles. The van der Waals surface area contributed by atoms with Crippen LogP contribution in [0.25, 0.3) is 11.4 Å². The number of benzene rings is 2. The van der Waals surface area contributed by atoms with Gasteiger partial charge in [-0.25, -0.2) is 0 Å². The van der Waals surface area contributed by atoms with Gasteiger partial charge in [-0.2, -0.15) is 0 Å². The lowest BCUT2D eigenvalue weighted by Crippen LogP contribution is -2.15. The van der Waals surface area contributed by atoms with E-state index in [0.29, 0.717) is 16.0 Å². The Hall–Kier alpha value is -2.31. The van der Waals surface area contributed by atoms with Gasteiger partial charge in [0.25, 0.3) is 0 Å². The van der Waals surface area contributed by atoms with Crippen LogP contribution in [0.3, 0.4) is 0 Å². The molecule has 0 unspecified atom stereocenters. The Balaban J connectivity index is 1.67. The van der Waals surface area contributed by atoms with E-state index in [0.717, 1.165) is 22.4 Å². The molecular weight excluding hydrogens is 368 g/mol. The number of amides is 1. The van der Waals surface area contributed by atoms with Gasteiger partial charge in [0.2, 0.25) is 5.91 Å². The summed E-state index contributed by atoms with van der Waals surface area (Å²) in [6.07, 6.45) is 0. The van der Waals surface area contributed by atoms with Crippen LogP contribution >= 0.6 is 23.4 Å². The first kappa shape index (κ1) is 18.5. The molecule has 5 nitrogen and oxygen atoms in total. The number of carbonyl (C=O) groups excluding carboxylic acids is 1. The second kappa shape index (κ2) is 7.93. The van der Waals surface area contributed by atoms with Crippen LogP contribution in [-0.2, 0) is 11.8 Å². The first-order chi connectivity index (χ1) is 12.5. The molecule has 134 valence electrons. The number of hydrogen-bond donors (Lipinski definition) is 1. The predicted octanol–water partition coefficient (Wildman–Crippen LogP) is 4.48. The molecule has 0 atom stereocenters. The highest BCUT2D eigenvalue weighted by molar-refractivity contribution is 7.99. The van der Waals surface area contributed by atoms with Crippen molar-refractivity contribution in [3.63, 3.8) is 0 Å². The zero-order chi connectivity index (χ0) is 18.7. The lowest BCUT2D eigenvalue weighted by atomic mass is 10.1. The number of halogens is 1. The van der Waals surface area contributed by atoms with Gasteiger partial charge >= 0.3 is 0 Å². The lowest BCUT2D eigenvalue weighted by molar-refractivity contribution is -0.113. The van der Waals surface area contributed by atoms with Crippen molar-refractivity contribution in [3.05, 3.63) is 58.6 Å². The summed E-state index contributed by atoms with van der Waals surface area (Å²) in [5, 5.41) is 12.7. The van der Waals surface area contributed by atoms with Crippen molar-refractivity contribution in [1.29, 1.82) is 0 Å². The fourth-order valence-corrected chi connectivity index (χ4v) is 3.42. The summed E-state index contributed by atoms with van der Waals surface area (Å²) in [7, 11) is 1.88. The summed E-state index contributed by atoms with van der Waals surface area (Å²) in [5.41, 5.74) is 3.95. The Bertz CT molecular complexity index is 954. The van der Waals surface area contributed by atoms with Crippen molar-refractivity contribution < 1.29 is 4.79 Å². The standard InChI is InChI=1S/C19H19ClN4OS/c1-12-6-4-9-16(13(12)2)21-17(25)11-26-19-23-22-18(24(19)3)14-7-5-8-15(20)10-14/h4-10H,11H2,1-3H3,(H,21,25). The van der Waals surface area contributed by atoms with Crippen LogP contribution in [0.2, 0.25) is 5.02 Å². The molecule has 0 spiro atoms. The second-order valence-electron chi connectivity index (χ2n) is 5.96. The number of nitrogens with zero attached hydrogens (tertiary/aromatic N) is 3. The third-order valence-electron chi connectivity index (χ3n) is 4.13. The van der Waals surface area contributed by atoms with Crippen molar-refractivity contribution >= 4 is 35.0 Å². The van der Waals surface area contributed by atoms with E-state index in [4.69, 9.17) is 11.6 Å². The predicted molar refractivity (Wildman–Crippen MR) is 107 cm³/mol. The molecule has 3 rings (SSSR count). The van der Waals surface area contributed by atoms with Crippen LogP contribution in [0.4, 0.5) is 5.69 Å². The summed E-state index contributed by atoms with van der Waals surface area (Å²) in [5.74, 6) is 0.899. The van der Waals surface area contributed by atoms with E-state index < -0.39 is 0 Å². The quantitative estimate of drug-likeness (QED) is 0.656. The van der Waals surface area contributed by atoms with E-state index in [1.807, 2.05) is 67.9 Å². The molecule has 3 aromatic rings. The number of carbonyl (C=O) groups is 1. The minimum atomic E-state index is -0.0731. The number of nitrogens with one attached hydrogen (secondary N) is 1.